The molecule has 5 heteroatoms. The maximum Gasteiger partial charge on any atom is 0.137 e. The van der Waals surface area contributed by atoms with Crippen LogP contribution >= 0.6 is 11.6 Å². The molecule has 3 N–H and O–H groups in total. The van der Waals surface area contributed by atoms with Gasteiger partial charge in [-0.05, 0) is 32.0 Å². The normalized spacial score (nSPS) is 10.7. The Morgan fingerprint density at radius 1 is 1.44 bits per heavy atom. The summed E-state index contributed by atoms with van der Waals surface area (Å²) >= 11 is 6.17. The van der Waals surface area contributed by atoms with Crippen molar-refractivity contribution in [1.82, 2.24) is 9.97 Å². The minimum Gasteiger partial charge on any atom is -0.492 e. The molecule has 96 valence electrons. The van der Waals surface area contributed by atoms with Crippen molar-refractivity contribution in [1.29, 1.82) is 0 Å². The number of aromatic amines is 1. The smallest absolute Gasteiger partial charge is 0.137 e. The van der Waals surface area contributed by atoms with Crippen LogP contribution in [0, 0.1) is 6.92 Å². The van der Waals surface area contributed by atoms with Crippen LogP contribution in [0.4, 0.5) is 0 Å². The second kappa shape index (κ2) is 5.42. The van der Waals surface area contributed by atoms with Gasteiger partial charge < -0.3 is 15.5 Å². The highest BCUT2D eigenvalue weighted by Crippen LogP contribution is 2.31. The van der Waals surface area contributed by atoms with Gasteiger partial charge in [0.2, 0.25) is 0 Å². The summed E-state index contributed by atoms with van der Waals surface area (Å²) in [5.41, 5.74) is 8.38. The lowest BCUT2D eigenvalue weighted by Crippen LogP contribution is -1.99. The first-order valence-electron chi connectivity index (χ1n) is 5.84. The van der Waals surface area contributed by atoms with Crippen molar-refractivity contribution >= 4 is 11.6 Å². The van der Waals surface area contributed by atoms with Crippen LogP contribution < -0.4 is 10.5 Å². The van der Waals surface area contributed by atoms with Gasteiger partial charge in [-0.2, -0.15) is 0 Å². The lowest BCUT2D eigenvalue weighted by Gasteiger charge is -2.07. The van der Waals surface area contributed by atoms with Gasteiger partial charge in [0.25, 0.3) is 0 Å². The Hall–Kier alpha value is -1.52. The molecule has 2 rings (SSSR count). The van der Waals surface area contributed by atoms with Crippen LogP contribution in [0.25, 0.3) is 11.3 Å². The predicted molar refractivity (Wildman–Crippen MR) is 72.8 cm³/mol. The van der Waals surface area contributed by atoms with E-state index in [-0.39, 0.29) is 0 Å². The van der Waals surface area contributed by atoms with E-state index in [2.05, 4.69) is 9.97 Å². The van der Waals surface area contributed by atoms with E-state index in [0.717, 1.165) is 22.8 Å². The zero-order chi connectivity index (χ0) is 13.1. The summed E-state index contributed by atoms with van der Waals surface area (Å²) < 4.78 is 5.40. The monoisotopic (exact) mass is 265 g/mol. The molecule has 0 atom stereocenters. The molecule has 4 nitrogen and oxygen atoms in total. The number of nitrogens with one attached hydrogen (secondary N) is 1. The number of ether oxygens (including phenoxy) is 1. The molecular weight excluding hydrogens is 250 g/mol. The molecule has 0 radical (unpaired) electrons. The third-order valence-electron chi connectivity index (χ3n) is 2.61. The molecule has 1 aromatic heterocycles. The lowest BCUT2D eigenvalue weighted by molar-refractivity contribution is 0.340. The Bertz CT molecular complexity index is 551. The summed E-state index contributed by atoms with van der Waals surface area (Å²) in [7, 11) is 0. The zero-order valence-electron chi connectivity index (χ0n) is 10.5. The minimum absolute atomic E-state index is 0.418. The molecule has 1 aromatic carbocycles. The molecule has 0 bridgehead atoms. The van der Waals surface area contributed by atoms with E-state index >= 15 is 0 Å². The number of hydrogen-bond donors (Lipinski definition) is 2. The van der Waals surface area contributed by atoms with E-state index in [1.165, 1.54) is 0 Å². The fraction of sp³-hybridized carbons (Fsp3) is 0.308. The van der Waals surface area contributed by atoms with Crippen molar-refractivity contribution in [2.75, 3.05) is 6.61 Å². The molecular formula is C13H16ClN3O. The maximum absolute atomic E-state index is 6.17. The summed E-state index contributed by atoms with van der Waals surface area (Å²) in [6.45, 7) is 4.84. The lowest BCUT2D eigenvalue weighted by atomic mass is 10.1. The van der Waals surface area contributed by atoms with Crippen LogP contribution in [-0.2, 0) is 6.54 Å². The highest BCUT2D eigenvalue weighted by atomic mass is 35.5. The number of halogens is 1. The molecule has 0 unspecified atom stereocenters. The van der Waals surface area contributed by atoms with Crippen LogP contribution in [0.2, 0.25) is 5.02 Å². The molecule has 1 heterocycles. The third kappa shape index (κ3) is 2.49. The first kappa shape index (κ1) is 12.9. The van der Waals surface area contributed by atoms with E-state index in [1.54, 1.807) is 0 Å². The number of hydrogen-bond acceptors (Lipinski definition) is 3. The SMILES string of the molecule is CCOc1ccc(-c2nc(C)[nH]c2CN)cc1Cl. The summed E-state index contributed by atoms with van der Waals surface area (Å²) in [6, 6.07) is 5.64. The highest BCUT2D eigenvalue weighted by molar-refractivity contribution is 6.32. The Morgan fingerprint density at radius 3 is 2.83 bits per heavy atom. The molecule has 2 aromatic rings. The van der Waals surface area contributed by atoms with Gasteiger partial charge in [-0.1, -0.05) is 11.6 Å². The predicted octanol–water partition coefficient (Wildman–Crippen LogP) is 2.90. The standard InChI is InChI=1S/C13H16ClN3O/c1-3-18-12-5-4-9(6-10(12)14)13-11(7-15)16-8(2)17-13/h4-6H,3,7,15H2,1-2H3,(H,16,17). The van der Waals surface area contributed by atoms with Gasteiger partial charge in [0, 0.05) is 12.1 Å². The van der Waals surface area contributed by atoms with Gasteiger partial charge in [-0.3, -0.25) is 0 Å². The second-order valence-electron chi connectivity index (χ2n) is 3.93. The summed E-state index contributed by atoms with van der Waals surface area (Å²) in [5.74, 6) is 1.53. The number of H-pyrrole nitrogens is 1. The van der Waals surface area contributed by atoms with Crippen molar-refractivity contribution in [2.45, 2.75) is 20.4 Å². The van der Waals surface area contributed by atoms with E-state index in [4.69, 9.17) is 22.1 Å². The maximum atomic E-state index is 6.17. The van der Waals surface area contributed by atoms with E-state index in [1.807, 2.05) is 32.0 Å². The number of benzene rings is 1. The molecule has 0 aliphatic carbocycles. The van der Waals surface area contributed by atoms with Crippen LogP contribution in [0.5, 0.6) is 5.75 Å². The number of nitrogens with zero attached hydrogens (tertiary/aromatic N) is 1. The summed E-state index contributed by atoms with van der Waals surface area (Å²) in [6.07, 6.45) is 0. The van der Waals surface area contributed by atoms with Gasteiger partial charge in [0.15, 0.2) is 0 Å². The van der Waals surface area contributed by atoms with Crippen LogP contribution in [0.3, 0.4) is 0 Å². The molecule has 0 fully saturated rings. The number of aromatic nitrogens is 2. The molecule has 18 heavy (non-hydrogen) atoms. The number of nitrogens with two attached hydrogens (primary N) is 1. The zero-order valence-corrected chi connectivity index (χ0v) is 11.2. The molecule has 0 amide bonds. The molecule has 0 aliphatic heterocycles. The van der Waals surface area contributed by atoms with Crippen molar-refractivity contribution < 1.29 is 4.74 Å². The summed E-state index contributed by atoms with van der Waals surface area (Å²) in [5, 5.41) is 0.581. The Morgan fingerprint density at radius 2 is 2.22 bits per heavy atom. The van der Waals surface area contributed by atoms with Crippen LogP contribution in [0.15, 0.2) is 18.2 Å². The Balaban J connectivity index is 2.41. The van der Waals surface area contributed by atoms with Crippen molar-refractivity contribution in [3.05, 3.63) is 34.7 Å². The average Bonchev–Trinajstić information content (AvgIpc) is 2.73. The van der Waals surface area contributed by atoms with Crippen LogP contribution in [-0.4, -0.2) is 16.6 Å². The van der Waals surface area contributed by atoms with Crippen molar-refractivity contribution in [3.63, 3.8) is 0 Å². The molecule has 0 aliphatic rings. The van der Waals surface area contributed by atoms with Crippen LogP contribution in [0.1, 0.15) is 18.4 Å². The minimum atomic E-state index is 0.418. The molecule has 0 saturated heterocycles. The number of rotatable bonds is 4. The van der Waals surface area contributed by atoms with Gasteiger partial charge >= 0.3 is 0 Å². The average molecular weight is 266 g/mol. The first-order chi connectivity index (χ1) is 8.65. The molecule has 0 saturated carbocycles. The van der Waals surface area contributed by atoms with E-state index < -0.39 is 0 Å². The second-order valence-corrected chi connectivity index (χ2v) is 4.34. The van der Waals surface area contributed by atoms with E-state index in [0.29, 0.717) is 23.9 Å². The molecule has 0 spiro atoms. The third-order valence-corrected chi connectivity index (χ3v) is 2.90. The van der Waals surface area contributed by atoms with Crippen molar-refractivity contribution in [2.24, 2.45) is 5.73 Å². The fourth-order valence-corrected chi connectivity index (χ4v) is 2.08. The fourth-order valence-electron chi connectivity index (χ4n) is 1.85. The Kier molecular flexibility index (Phi) is 3.89. The Labute approximate surface area is 111 Å². The van der Waals surface area contributed by atoms with Gasteiger partial charge in [0.1, 0.15) is 11.6 Å². The quantitative estimate of drug-likeness (QED) is 0.893. The largest absolute Gasteiger partial charge is 0.492 e. The highest BCUT2D eigenvalue weighted by Gasteiger charge is 2.11. The topological polar surface area (TPSA) is 63.9 Å². The van der Waals surface area contributed by atoms with E-state index in [9.17, 15) is 0 Å². The van der Waals surface area contributed by atoms with Gasteiger partial charge in [0.05, 0.1) is 23.0 Å². The van der Waals surface area contributed by atoms with Gasteiger partial charge in [-0.25, -0.2) is 4.98 Å². The number of aryl methyl sites for hydroxylation is 1. The van der Waals surface area contributed by atoms with Crippen molar-refractivity contribution in [3.8, 4) is 17.0 Å². The summed E-state index contributed by atoms with van der Waals surface area (Å²) in [4.78, 5) is 7.58. The first-order valence-corrected chi connectivity index (χ1v) is 6.21. The number of imidazole rings is 1. The van der Waals surface area contributed by atoms with Gasteiger partial charge in [-0.15, -0.1) is 0 Å².